The summed E-state index contributed by atoms with van der Waals surface area (Å²) in [5.41, 5.74) is 0. The van der Waals surface area contributed by atoms with Crippen LogP contribution >= 0.6 is 0 Å². The molecule has 1 N–H and O–H groups in total. The van der Waals surface area contributed by atoms with Gasteiger partial charge in [0.05, 0.1) is 18.8 Å². The van der Waals surface area contributed by atoms with E-state index in [2.05, 4.69) is 96.9 Å². The van der Waals surface area contributed by atoms with Crippen LogP contribution in [0.25, 0.3) is 0 Å². The second-order valence-corrected chi connectivity index (χ2v) is 15.1. The Morgan fingerprint density at radius 1 is 0.595 bits per heavy atom. The largest absolute Gasteiger partial charge is 0.391 e. The van der Waals surface area contributed by atoms with Gasteiger partial charge in [0.1, 0.15) is 0 Å². The van der Waals surface area contributed by atoms with E-state index in [1.807, 2.05) is 0 Å². The van der Waals surface area contributed by atoms with Crippen molar-refractivity contribution in [2.24, 2.45) is 71.0 Å². The average Bonchev–Trinajstić information content (AvgIpc) is 3.05. The molecule has 9 atom stereocenters. The molecule has 0 radical (unpaired) electrons. The molecular weight excluding hydrogens is 460 g/mol. The number of aliphatic hydroxyl groups is 1. The molecule has 2 saturated heterocycles. The minimum absolute atomic E-state index is 0.0800. The molecule has 9 unspecified atom stereocenters. The Balaban J connectivity index is 2.59. The molecule has 0 amide bonds. The van der Waals surface area contributed by atoms with Crippen LogP contribution in [0.15, 0.2) is 0 Å². The predicted octanol–water partition coefficient (Wildman–Crippen LogP) is 8.27. The Morgan fingerprint density at radius 2 is 1.05 bits per heavy atom. The number of aliphatic hydroxyl groups excluding tert-OH is 1. The molecule has 4 nitrogen and oxygen atoms in total. The Hall–Kier alpha value is -0.160. The average molecular weight is 525 g/mol. The van der Waals surface area contributed by atoms with Crippen molar-refractivity contribution < 1.29 is 19.3 Å². The summed E-state index contributed by atoms with van der Waals surface area (Å²) in [7, 11) is 0. The maximum Gasteiger partial charge on any atom is 0.198 e. The van der Waals surface area contributed by atoms with E-state index in [-0.39, 0.29) is 36.9 Å². The lowest BCUT2D eigenvalue weighted by Crippen LogP contribution is -2.58. The van der Waals surface area contributed by atoms with Crippen LogP contribution < -0.4 is 0 Å². The van der Waals surface area contributed by atoms with Crippen LogP contribution in [0.4, 0.5) is 0 Å². The van der Waals surface area contributed by atoms with Gasteiger partial charge in [-0.3, -0.25) is 0 Å². The normalized spacial score (nSPS) is 37.5. The molecule has 0 aromatic carbocycles. The molecule has 37 heavy (non-hydrogen) atoms. The lowest BCUT2D eigenvalue weighted by atomic mass is 9.62. The summed E-state index contributed by atoms with van der Waals surface area (Å²) in [5.74, 6) is 3.96. The van der Waals surface area contributed by atoms with Crippen LogP contribution in [-0.4, -0.2) is 36.0 Å². The molecular formula is C33H64O4. The predicted molar refractivity (Wildman–Crippen MR) is 155 cm³/mol. The lowest BCUT2D eigenvalue weighted by molar-refractivity contribution is -0.374. The number of hydrogen-bond acceptors (Lipinski definition) is 4. The zero-order chi connectivity index (χ0) is 28.4. The minimum atomic E-state index is -1.03. The second kappa shape index (κ2) is 13.5. The van der Waals surface area contributed by atoms with E-state index in [0.29, 0.717) is 59.2 Å². The Bertz CT molecular complexity index is 669. The van der Waals surface area contributed by atoms with Crippen LogP contribution in [0.1, 0.15) is 110 Å². The van der Waals surface area contributed by atoms with Crippen molar-refractivity contribution in [2.45, 2.75) is 134 Å². The summed E-state index contributed by atoms with van der Waals surface area (Å²) in [5, 5.41) is 11.1. The molecule has 2 rings (SSSR count). The third kappa shape index (κ3) is 7.33. The fraction of sp³-hybridized carbons (Fsp3) is 1.00. The van der Waals surface area contributed by atoms with Crippen LogP contribution in [0.5, 0.6) is 0 Å². The quantitative estimate of drug-likeness (QED) is 0.279. The van der Waals surface area contributed by atoms with Crippen molar-refractivity contribution >= 4 is 0 Å². The topological polar surface area (TPSA) is 47.9 Å². The highest BCUT2D eigenvalue weighted by atomic mass is 16.8. The fourth-order valence-corrected chi connectivity index (χ4v) is 8.23. The molecule has 0 bridgehead atoms. The highest BCUT2D eigenvalue weighted by Crippen LogP contribution is 2.54. The molecule has 2 aliphatic rings. The van der Waals surface area contributed by atoms with Crippen molar-refractivity contribution in [1.29, 1.82) is 0 Å². The Morgan fingerprint density at radius 3 is 1.43 bits per heavy atom. The second-order valence-electron chi connectivity index (χ2n) is 15.1. The monoisotopic (exact) mass is 524 g/mol. The van der Waals surface area contributed by atoms with Gasteiger partial charge in [0.2, 0.25) is 0 Å². The van der Waals surface area contributed by atoms with Gasteiger partial charge >= 0.3 is 0 Å². The van der Waals surface area contributed by atoms with Crippen LogP contribution in [0, 0.1) is 71.0 Å². The third-order valence-corrected chi connectivity index (χ3v) is 9.38. The fourth-order valence-electron chi connectivity index (χ4n) is 8.23. The van der Waals surface area contributed by atoms with Crippen LogP contribution in [-0.2, 0) is 14.2 Å². The van der Waals surface area contributed by atoms with E-state index in [0.717, 1.165) is 12.8 Å². The van der Waals surface area contributed by atoms with Gasteiger partial charge < -0.3 is 19.3 Å². The first-order valence-corrected chi connectivity index (χ1v) is 15.7. The summed E-state index contributed by atoms with van der Waals surface area (Å²) < 4.78 is 21.1. The maximum atomic E-state index is 11.1. The smallest absolute Gasteiger partial charge is 0.198 e. The van der Waals surface area contributed by atoms with Gasteiger partial charge in [-0.05, 0) is 72.0 Å². The van der Waals surface area contributed by atoms with E-state index in [1.165, 1.54) is 0 Å². The molecule has 0 aromatic heterocycles. The summed E-state index contributed by atoms with van der Waals surface area (Å²) in [4.78, 5) is 0. The van der Waals surface area contributed by atoms with Gasteiger partial charge in [-0.1, -0.05) is 96.9 Å². The van der Waals surface area contributed by atoms with Gasteiger partial charge in [0, 0.05) is 11.8 Å². The summed E-state index contributed by atoms with van der Waals surface area (Å²) in [6.07, 6.45) is 1.86. The zero-order valence-electron chi connectivity index (χ0n) is 27.0. The van der Waals surface area contributed by atoms with Gasteiger partial charge in [0.15, 0.2) is 12.1 Å². The highest BCUT2D eigenvalue weighted by Gasteiger charge is 2.60. The first-order valence-electron chi connectivity index (χ1n) is 15.7. The van der Waals surface area contributed by atoms with Crippen LogP contribution in [0.3, 0.4) is 0 Å². The van der Waals surface area contributed by atoms with Crippen molar-refractivity contribution in [2.75, 3.05) is 6.61 Å². The Kier molecular flexibility index (Phi) is 12.0. The minimum Gasteiger partial charge on any atom is -0.391 e. The van der Waals surface area contributed by atoms with Crippen molar-refractivity contribution in [3.05, 3.63) is 0 Å². The highest BCUT2D eigenvalue weighted by molar-refractivity contribution is 5.01. The molecule has 4 heteroatoms. The maximum absolute atomic E-state index is 11.1. The Labute approximate surface area is 231 Å². The molecule has 0 spiro atoms. The summed E-state index contributed by atoms with van der Waals surface area (Å²) >= 11 is 0. The van der Waals surface area contributed by atoms with Crippen molar-refractivity contribution in [1.82, 2.24) is 0 Å². The van der Waals surface area contributed by atoms with Gasteiger partial charge in [-0.15, -0.1) is 0 Å². The van der Waals surface area contributed by atoms with Crippen molar-refractivity contribution in [3.63, 3.8) is 0 Å². The number of ether oxygens (including phenoxy) is 3. The van der Waals surface area contributed by atoms with Crippen LogP contribution in [0.2, 0.25) is 0 Å². The van der Waals surface area contributed by atoms with Gasteiger partial charge in [-0.2, -0.15) is 0 Å². The molecule has 220 valence electrons. The van der Waals surface area contributed by atoms with Gasteiger partial charge in [0.25, 0.3) is 0 Å². The number of rotatable bonds is 12. The standard InChI is InChI=1S/C33H64O4/c1-18(2)15-25-27(20(5)6)29(22(9)10)30(23(11)12)32(35-25)37-33(17-34)31(24(13)14)28(21(7)8)26(36-33)16-19(3)4/h18-32,34H,15-17H2,1-14H3. The SMILES string of the molecule is CC(C)CC1OC(OC2(CO)OC(CC(C)C)C(C(C)C)C2C(C)C)C(C(C)C)C(C(C)C)C1C(C)C. The zero-order valence-corrected chi connectivity index (χ0v) is 27.0. The third-order valence-electron chi connectivity index (χ3n) is 9.38. The van der Waals surface area contributed by atoms with E-state index in [9.17, 15) is 5.11 Å². The molecule has 0 aromatic rings. The molecule has 0 saturated carbocycles. The van der Waals surface area contributed by atoms with E-state index in [4.69, 9.17) is 14.2 Å². The van der Waals surface area contributed by atoms with E-state index in [1.54, 1.807) is 0 Å². The van der Waals surface area contributed by atoms with Gasteiger partial charge in [-0.25, -0.2) is 0 Å². The first-order chi connectivity index (χ1) is 17.1. The summed E-state index contributed by atoms with van der Waals surface area (Å²) in [6, 6.07) is 0. The first kappa shape index (κ1) is 33.0. The molecule has 0 aliphatic carbocycles. The van der Waals surface area contributed by atoms with E-state index < -0.39 is 5.79 Å². The lowest BCUT2D eigenvalue weighted by Gasteiger charge is -2.54. The van der Waals surface area contributed by atoms with Crippen molar-refractivity contribution in [3.8, 4) is 0 Å². The molecule has 2 aliphatic heterocycles. The molecule has 2 fully saturated rings. The molecule has 2 heterocycles. The number of hydrogen-bond donors (Lipinski definition) is 1. The summed E-state index contributed by atoms with van der Waals surface area (Å²) in [6.45, 7) is 32.3. The van der Waals surface area contributed by atoms with E-state index >= 15 is 0 Å².